The molecule has 4 heteroatoms. The molecule has 3 rings (SSSR count). The lowest BCUT2D eigenvalue weighted by Crippen LogP contribution is -2.28. The Morgan fingerprint density at radius 1 is 1.39 bits per heavy atom. The maximum absolute atomic E-state index is 11.0. The van der Waals surface area contributed by atoms with Crippen LogP contribution in [-0.4, -0.2) is 20.1 Å². The smallest absolute Gasteiger partial charge is 0.133 e. The number of aliphatic hydroxyl groups is 1. The molecule has 0 bridgehead atoms. The van der Waals surface area contributed by atoms with E-state index in [-0.39, 0.29) is 0 Å². The van der Waals surface area contributed by atoms with E-state index >= 15 is 0 Å². The SMILES string of the molecule is CCCn1nncc1C1(O)CCc2ccccc21. The lowest BCUT2D eigenvalue weighted by molar-refractivity contribution is 0.0726. The molecule has 0 saturated heterocycles. The molecule has 18 heavy (non-hydrogen) atoms. The Morgan fingerprint density at radius 2 is 2.22 bits per heavy atom. The summed E-state index contributed by atoms with van der Waals surface area (Å²) >= 11 is 0. The molecule has 1 aliphatic carbocycles. The van der Waals surface area contributed by atoms with Gasteiger partial charge in [0.05, 0.1) is 11.9 Å². The van der Waals surface area contributed by atoms with E-state index in [0.717, 1.165) is 30.6 Å². The van der Waals surface area contributed by atoms with Crippen LogP contribution >= 0.6 is 0 Å². The van der Waals surface area contributed by atoms with E-state index in [9.17, 15) is 5.11 Å². The molecule has 1 aromatic carbocycles. The van der Waals surface area contributed by atoms with Crippen molar-refractivity contribution < 1.29 is 5.11 Å². The third-order valence-electron chi connectivity index (χ3n) is 3.70. The Kier molecular flexibility index (Phi) is 2.67. The first kappa shape index (κ1) is 11.4. The number of aromatic nitrogens is 3. The predicted octanol–water partition coefficient (Wildman–Crippen LogP) is 1.87. The van der Waals surface area contributed by atoms with Crippen molar-refractivity contribution in [3.63, 3.8) is 0 Å². The highest BCUT2D eigenvalue weighted by atomic mass is 16.3. The van der Waals surface area contributed by atoms with Gasteiger partial charge >= 0.3 is 0 Å². The van der Waals surface area contributed by atoms with Crippen LogP contribution in [0.25, 0.3) is 0 Å². The van der Waals surface area contributed by atoms with E-state index in [4.69, 9.17) is 0 Å². The average Bonchev–Trinajstić information content (AvgIpc) is 2.97. The lowest BCUT2D eigenvalue weighted by Gasteiger charge is -2.24. The van der Waals surface area contributed by atoms with Crippen LogP contribution in [-0.2, 0) is 18.6 Å². The molecule has 1 heterocycles. The molecule has 0 aliphatic heterocycles. The van der Waals surface area contributed by atoms with E-state index in [1.54, 1.807) is 6.20 Å². The minimum atomic E-state index is -0.921. The summed E-state index contributed by atoms with van der Waals surface area (Å²) in [6.07, 6.45) is 4.29. The summed E-state index contributed by atoms with van der Waals surface area (Å²) in [4.78, 5) is 0. The summed E-state index contributed by atoms with van der Waals surface area (Å²) in [6, 6.07) is 8.09. The molecule has 94 valence electrons. The predicted molar refractivity (Wildman–Crippen MR) is 68.1 cm³/mol. The molecule has 0 spiro atoms. The van der Waals surface area contributed by atoms with Crippen molar-refractivity contribution in [2.45, 2.75) is 38.3 Å². The van der Waals surface area contributed by atoms with Crippen LogP contribution in [0.5, 0.6) is 0 Å². The first-order valence-electron chi connectivity index (χ1n) is 6.45. The van der Waals surface area contributed by atoms with Crippen molar-refractivity contribution >= 4 is 0 Å². The van der Waals surface area contributed by atoms with Gasteiger partial charge in [0.25, 0.3) is 0 Å². The number of nitrogens with zero attached hydrogens (tertiary/aromatic N) is 3. The Morgan fingerprint density at radius 3 is 3.06 bits per heavy atom. The third-order valence-corrected chi connectivity index (χ3v) is 3.70. The van der Waals surface area contributed by atoms with E-state index in [2.05, 4.69) is 23.3 Å². The summed E-state index contributed by atoms with van der Waals surface area (Å²) in [7, 11) is 0. The Labute approximate surface area is 106 Å². The second-order valence-corrected chi connectivity index (χ2v) is 4.86. The highest BCUT2D eigenvalue weighted by Crippen LogP contribution is 2.41. The van der Waals surface area contributed by atoms with Gasteiger partial charge in [0.1, 0.15) is 5.60 Å². The summed E-state index contributed by atoms with van der Waals surface area (Å²) in [5.74, 6) is 0. The highest BCUT2D eigenvalue weighted by molar-refractivity contribution is 5.42. The zero-order valence-corrected chi connectivity index (χ0v) is 10.5. The Balaban J connectivity index is 2.09. The maximum atomic E-state index is 11.0. The second-order valence-electron chi connectivity index (χ2n) is 4.86. The maximum Gasteiger partial charge on any atom is 0.133 e. The van der Waals surface area contributed by atoms with Crippen LogP contribution in [0.1, 0.15) is 36.6 Å². The molecule has 1 aromatic heterocycles. The molecular weight excluding hydrogens is 226 g/mol. The van der Waals surface area contributed by atoms with Crippen LogP contribution < -0.4 is 0 Å². The van der Waals surface area contributed by atoms with Gasteiger partial charge in [-0.15, -0.1) is 5.10 Å². The summed E-state index contributed by atoms with van der Waals surface area (Å²) in [6.45, 7) is 2.89. The van der Waals surface area contributed by atoms with Gasteiger partial charge in [0, 0.05) is 6.54 Å². The lowest BCUT2D eigenvalue weighted by atomic mass is 9.92. The molecule has 1 unspecified atom stereocenters. The quantitative estimate of drug-likeness (QED) is 0.895. The van der Waals surface area contributed by atoms with E-state index < -0.39 is 5.60 Å². The fourth-order valence-corrected chi connectivity index (χ4v) is 2.81. The zero-order valence-electron chi connectivity index (χ0n) is 10.5. The molecule has 1 N–H and O–H groups in total. The van der Waals surface area contributed by atoms with Gasteiger partial charge < -0.3 is 5.11 Å². The van der Waals surface area contributed by atoms with Crippen molar-refractivity contribution in [3.8, 4) is 0 Å². The van der Waals surface area contributed by atoms with Crippen molar-refractivity contribution in [1.29, 1.82) is 0 Å². The Bertz CT molecular complexity index is 564. The van der Waals surface area contributed by atoms with Gasteiger partial charge in [-0.25, -0.2) is 4.68 Å². The standard InChI is InChI=1S/C14H17N3O/c1-2-9-17-13(10-15-16-17)14(18)8-7-11-5-3-4-6-12(11)14/h3-6,10,18H,2,7-9H2,1H3. The molecule has 0 radical (unpaired) electrons. The number of benzene rings is 1. The average molecular weight is 243 g/mol. The molecule has 0 fully saturated rings. The van der Waals surface area contributed by atoms with Crippen molar-refractivity contribution in [2.75, 3.05) is 0 Å². The fraction of sp³-hybridized carbons (Fsp3) is 0.429. The minimum absolute atomic E-state index is 0.712. The number of rotatable bonds is 3. The normalized spacial score (nSPS) is 22.1. The number of hydrogen-bond acceptors (Lipinski definition) is 3. The zero-order chi connectivity index (χ0) is 12.6. The van der Waals surface area contributed by atoms with Gasteiger partial charge in [0.2, 0.25) is 0 Å². The number of fused-ring (bicyclic) bond motifs is 1. The second kappa shape index (κ2) is 4.21. The molecule has 0 saturated carbocycles. The van der Waals surface area contributed by atoms with E-state index in [0.29, 0.717) is 6.42 Å². The first-order valence-corrected chi connectivity index (χ1v) is 6.45. The van der Waals surface area contributed by atoms with Gasteiger partial charge in [-0.3, -0.25) is 0 Å². The van der Waals surface area contributed by atoms with Gasteiger partial charge in [-0.2, -0.15) is 0 Å². The van der Waals surface area contributed by atoms with Crippen molar-refractivity contribution in [1.82, 2.24) is 15.0 Å². The summed E-state index contributed by atoms with van der Waals surface area (Å²) < 4.78 is 1.82. The monoisotopic (exact) mass is 243 g/mol. The summed E-state index contributed by atoms with van der Waals surface area (Å²) in [5.41, 5.74) is 2.12. The molecular formula is C14H17N3O. The van der Waals surface area contributed by atoms with Crippen molar-refractivity contribution in [2.24, 2.45) is 0 Å². The highest BCUT2D eigenvalue weighted by Gasteiger charge is 2.40. The topological polar surface area (TPSA) is 50.9 Å². The molecule has 0 amide bonds. The van der Waals surface area contributed by atoms with Crippen LogP contribution in [0.15, 0.2) is 30.5 Å². The van der Waals surface area contributed by atoms with Gasteiger partial charge in [-0.05, 0) is 30.4 Å². The van der Waals surface area contributed by atoms with Gasteiger partial charge in [0.15, 0.2) is 0 Å². The fourth-order valence-electron chi connectivity index (χ4n) is 2.81. The molecule has 1 aliphatic rings. The Hall–Kier alpha value is -1.68. The van der Waals surface area contributed by atoms with Crippen molar-refractivity contribution in [3.05, 3.63) is 47.3 Å². The molecule has 2 aromatic rings. The minimum Gasteiger partial charge on any atom is -0.379 e. The number of hydrogen-bond donors (Lipinski definition) is 1. The van der Waals surface area contributed by atoms with Crippen LogP contribution in [0.3, 0.4) is 0 Å². The molecule has 4 nitrogen and oxygen atoms in total. The summed E-state index contributed by atoms with van der Waals surface area (Å²) in [5, 5.41) is 19.0. The van der Waals surface area contributed by atoms with E-state index in [1.807, 2.05) is 22.9 Å². The van der Waals surface area contributed by atoms with Crippen LogP contribution in [0.2, 0.25) is 0 Å². The molecule has 1 atom stereocenters. The van der Waals surface area contributed by atoms with Crippen LogP contribution in [0.4, 0.5) is 0 Å². The number of aryl methyl sites for hydroxylation is 2. The van der Waals surface area contributed by atoms with E-state index in [1.165, 1.54) is 5.56 Å². The van der Waals surface area contributed by atoms with Crippen LogP contribution in [0, 0.1) is 0 Å². The first-order chi connectivity index (χ1) is 8.75. The van der Waals surface area contributed by atoms with Gasteiger partial charge in [-0.1, -0.05) is 36.4 Å². The third kappa shape index (κ3) is 1.56. The largest absolute Gasteiger partial charge is 0.379 e.